The van der Waals surface area contributed by atoms with E-state index in [1.807, 2.05) is 47.8 Å². The summed E-state index contributed by atoms with van der Waals surface area (Å²) < 4.78 is 7.39. The highest BCUT2D eigenvalue weighted by molar-refractivity contribution is 7.17. The van der Waals surface area contributed by atoms with Gasteiger partial charge in [-0.1, -0.05) is 61.5 Å². The Bertz CT molecular complexity index is 1410. The van der Waals surface area contributed by atoms with E-state index in [4.69, 9.17) is 4.74 Å². The van der Waals surface area contributed by atoms with Gasteiger partial charge in [-0.25, -0.2) is 4.98 Å². The second-order valence-electron chi connectivity index (χ2n) is 7.52. The molecular formula is C26H22N2O2S. The molecule has 0 unspecified atom stereocenters. The molecule has 0 radical (unpaired) electrons. The predicted octanol–water partition coefficient (Wildman–Crippen LogP) is 6.12. The maximum absolute atomic E-state index is 13.4. The standard InChI is InChI=1S/C26H22N2O2S/c1-2-14-30-21-12-10-19(11-13-21)23-16-31-25-24(23)26(29)28(17-27-25)15-20-8-5-7-18-6-3-4-9-22(18)20/h3-13,16-17H,2,14-15H2,1H3. The van der Waals surface area contributed by atoms with Crippen molar-refractivity contribution in [2.75, 3.05) is 6.61 Å². The summed E-state index contributed by atoms with van der Waals surface area (Å²) in [6, 6.07) is 22.4. The van der Waals surface area contributed by atoms with E-state index in [1.54, 1.807) is 10.9 Å². The summed E-state index contributed by atoms with van der Waals surface area (Å²) in [4.78, 5) is 18.8. The van der Waals surface area contributed by atoms with Gasteiger partial charge in [0.25, 0.3) is 5.56 Å². The quantitative estimate of drug-likeness (QED) is 0.329. The van der Waals surface area contributed by atoms with Crippen molar-refractivity contribution in [2.24, 2.45) is 0 Å². The van der Waals surface area contributed by atoms with Crippen molar-refractivity contribution >= 4 is 32.3 Å². The van der Waals surface area contributed by atoms with Gasteiger partial charge in [-0.05, 0) is 40.5 Å². The van der Waals surface area contributed by atoms with Gasteiger partial charge >= 0.3 is 0 Å². The Morgan fingerprint density at radius 1 is 1.00 bits per heavy atom. The summed E-state index contributed by atoms with van der Waals surface area (Å²) in [5.74, 6) is 0.844. The zero-order valence-electron chi connectivity index (χ0n) is 17.2. The number of hydrogen-bond acceptors (Lipinski definition) is 4. The van der Waals surface area contributed by atoms with E-state index < -0.39 is 0 Å². The van der Waals surface area contributed by atoms with Crippen LogP contribution in [0.5, 0.6) is 5.75 Å². The minimum absolute atomic E-state index is 0.0134. The highest BCUT2D eigenvalue weighted by atomic mass is 32.1. The molecule has 5 rings (SSSR count). The van der Waals surface area contributed by atoms with E-state index in [-0.39, 0.29) is 5.56 Å². The lowest BCUT2D eigenvalue weighted by Gasteiger charge is -2.10. The Kier molecular flexibility index (Phi) is 5.26. The SMILES string of the molecule is CCCOc1ccc(-c2csc3ncn(Cc4cccc5ccccc45)c(=O)c23)cc1. The van der Waals surface area contributed by atoms with Crippen LogP contribution in [0.2, 0.25) is 0 Å². The van der Waals surface area contributed by atoms with Gasteiger partial charge in [-0.3, -0.25) is 9.36 Å². The molecule has 0 spiro atoms. The molecule has 0 bridgehead atoms. The highest BCUT2D eigenvalue weighted by Crippen LogP contribution is 2.32. The molecule has 5 heteroatoms. The molecule has 0 aliphatic carbocycles. The molecule has 31 heavy (non-hydrogen) atoms. The number of rotatable bonds is 6. The first-order chi connectivity index (χ1) is 15.2. The van der Waals surface area contributed by atoms with Crippen molar-refractivity contribution in [2.45, 2.75) is 19.9 Å². The van der Waals surface area contributed by atoms with Crippen LogP contribution in [0.25, 0.3) is 32.1 Å². The van der Waals surface area contributed by atoms with Gasteiger partial charge in [0.1, 0.15) is 10.6 Å². The Morgan fingerprint density at radius 3 is 2.65 bits per heavy atom. The topological polar surface area (TPSA) is 44.1 Å². The van der Waals surface area contributed by atoms with E-state index in [0.717, 1.165) is 39.1 Å². The number of nitrogens with zero attached hydrogens (tertiary/aromatic N) is 2. The van der Waals surface area contributed by atoms with Gasteiger partial charge in [-0.15, -0.1) is 11.3 Å². The first kappa shape index (κ1) is 19.5. The van der Waals surface area contributed by atoms with Crippen LogP contribution in [-0.2, 0) is 6.54 Å². The van der Waals surface area contributed by atoms with Crippen LogP contribution in [-0.4, -0.2) is 16.2 Å². The zero-order chi connectivity index (χ0) is 21.2. The molecule has 2 heterocycles. The maximum atomic E-state index is 13.4. The van der Waals surface area contributed by atoms with Gasteiger partial charge in [0.05, 0.1) is 24.9 Å². The molecular weight excluding hydrogens is 404 g/mol. The van der Waals surface area contributed by atoms with Gasteiger partial charge in [0, 0.05) is 10.9 Å². The molecule has 0 N–H and O–H groups in total. The van der Waals surface area contributed by atoms with E-state index >= 15 is 0 Å². The van der Waals surface area contributed by atoms with Crippen molar-refractivity contribution in [3.05, 3.63) is 94.4 Å². The van der Waals surface area contributed by atoms with Crippen molar-refractivity contribution in [1.82, 2.24) is 9.55 Å². The number of hydrogen-bond donors (Lipinski definition) is 0. The van der Waals surface area contributed by atoms with Crippen molar-refractivity contribution in [3.8, 4) is 16.9 Å². The predicted molar refractivity (Wildman–Crippen MR) is 128 cm³/mol. The Balaban J connectivity index is 1.55. The molecule has 2 aromatic heterocycles. The number of fused-ring (bicyclic) bond motifs is 2. The zero-order valence-corrected chi connectivity index (χ0v) is 18.1. The Hall–Kier alpha value is -3.44. The van der Waals surface area contributed by atoms with Gasteiger partial charge < -0.3 is 4.74 Å². The third-order valence-electron chi connectivity index (χ3n) is 5.42. The summed E-state index contributed by atoms with van der Waals surface area (Å²) in [5, 5.41) is 5.02. The van der Waals surface area contributed by atoms with Crippen LogP contribution < -0.4 is 10.3 Å². The first-order valence-electron chi connectivity index (χ1n) is 10.4. The second-order valence-corrected chi connectivity index (χ2v) is 8.38. The fourth-order valence-electron chi connectivity index (χ4n) is 3.86. The average Bonchev–Trinajstić information content (AvgIpc) is 3.25. The number of thiophene rings is 1. The van der Waals surface area contributed by atoms with E-state index in [0.29, 0.717) is 18.5 Å². The largest absolute Gasteiger partial charge is 0.494 e. The average molecular weight is 427 g/mol. The Labute approximate surface area is 184 Å². The molecule has 0 fully saturated rings. The maximum Gasteiger partial charge on any atom is 0.263 e. The van der Waals surface area contributed by atoms with E-state index in [9.17, 15) is 4.79 Å². The molecule has 5 aromatic rings. The second kappa shape index (κ2) is 8.36. The van der Waals surface area contributed by atoms with Crippen LogP contribution >= 0.6 is 11.3 Å². The highest BCUT2D eigenvalue weighted by Gasteiger charge is 2.14. The molecule has 3 aromatic carbocycles. The number of benzene rings is 3. The fraction of sp³-hybridized carbons (Fsp3) is 0.154. The lowest BCUT2D eigenvalue weighted by Crippen LogP contribution is -2.21. The van der Waals surface area contributed by atoms with Gasteiger partial charge in [-0.2, -0.15) is 0 Å². The Morgan fingerprint density at radius 2 is 1.81 bits per heavy atom. The lowest BCUT2D eigenvalue weighted by atomic mass is 10.0. The third kappa shape index (κ3) is 3.73. The lowest BCUT2D eigenvalue weighted by molar-refractivity contribution is 0.317. The fourth-order valence-corrected chi connectivity index (χ4v) is 4.76. The third-order valence-corrected chi connectivity index (χ3v) is 6.31. The summed E-state index contributed by atoms with van der Waals surface area (Å²) in [6.07, 6.45) is 2.63. The van der Waals surface area contributed by atoms with Gasteiger partial charge in [0.15, 0.2) is 0 Å². The molecule has 154 valence electrons. The molecule has 0 saturated carbocycles. The molecule has 0 saturated heterocycles. The summed E-state index contributed by atoms with van der Waals surface area (Å²) >= 11 is 1.50. The smallest absolute Gasteiger partial charge is 0.263 e. The van der Waals surface area contributed by atoms with Crippen LogP contribution in [0.4, 0.5) is 0 Å². The van der Waals surface area contributed by atoms with Crippen LogP contribution in [0.1, 0.15) is 18.9 Å². The van der Waals surface area contributed by atoms with Crippen LogP contribution in [0.15, 0.2) is 83.2 Å². The number of ether oxygens (including phenoxy) is 1. The minimum atomic E-state index is -0.0134. The summed E-state index contributed by atoms with van der Waals surface area (Å²) in [5.41, 5.74) is 3.01. The number of aromatic nitrogens is 2. The van der Waals surface area contributed by atoms with Crippen molar-refractivity contribution in [1.29, 1.82) is 0 Å². The molecule has 0 amide bonds. The van der Waals surface area contributed by atoms with Crippen LogP contribution in [0, 0.1) is 0 Å². The van der Waals surface area contributed by atoms with Crippen molar-refractivity contribution < 1.29 is 4.74 Å². The molecule has 0 aliphatic rings. The summed E-state index contributed by atoms with van der Waals surface area (Å²) in [7, 11) is 0. The normalized spacial score (nSPS) is 11.3. The van der Waals surface area contributed by atoms with Crippen molar-refractivity contribution in [3.63, 3.8) is 0 Å². The molecule has 0 aliphatic heterocycles. The molecule has 4 nitrogen and oxygen atoms in total. The van der Waals surface area contributed by atoms with Crippen LogP contribution in [0.3, 0.4) is 0 Å². The molecule has 0 atom stereocenters. The van der Waals surface area contributed by atoms with E-state index in [1.165, 1.54) is 16.7 Å². The van der Waals surface area contributed by atoms with E-state index in [2.05, 4.69) is 36.2 Å². The first-order valence-corrected chi connectivity index (χ1v) is 11.3. The minimum Gasteiger partial charge on any atom is -0.494 e. The van der Waals surface area contributed by atoms with Gasteiger partial charge in [0.2, 0.25) is 0 Å². The summed E-state index contributed by atoms with van der Waals surface area (Å²) in [6.45, 7) is 3.27. The monoisotopic (exact) mass is 426 g/mol.